The summed E-state index contributed by atoms with van der Waals surface area (Å²) < 4.78 is 5.35. The number of ether oxygens (including phenoxy) is 1. The Hall–Kier alpha value is -1.79. The zero-order valence-electron chi connectivity index (χ0n) is 19.2. The predicted molar refractivity (Wildman–Crippen MR) is 114 cm³/mol. The molecule has 168 valence electrons. The zero-order valence-corrected chi connectivity index (χ0v) is 19.2. The van der Waals surface area contributed by atoms with Crippen LogP contribution in [0.2, 0.25) is 0 Å². The Morgan fingerprint density at radius 3 is 2.21 bits per heavy atom. The molecule has 3 amide bonds. The lowest BCUT2D eigenvalue weighted by Crippen LogP contribution is -2.47. The lowest BCUT2D eigenvalue weighted by molar-refractivity contribution is -0.126. The minimum absolute atomic E-state index is 0.0187. The number of rotatable bonds is 9. The summed E-state index contributed by atoms with van der Waals surface area (Å²) in [4.78, 5) is 36.8. The number of alkyl carbamates (subject to hydrolysis) is 1. The van der Waals surface area contributed by atoms with Crippen molar-refractivity contribution in [3.63, 3.8) is 0 Å². The maximum Gasteiger partial charge on any atom is 0.407 e. The Balaban J connectivity index is 2.68. The summed E-state index contributed by atoms with van der Waals surface area (Å²) in [6, 6.07) is -0.295. The van der Waals surface area contributed by atoms with E-state index in [9.17, 15) is 14.4 Å². The fourth-order valence-corrected chi connectivity index (χ4v) is 3.84. The van der Waals surface area contributed by atoms with Crippen molar-refractivity contribution >= 4 is 17.9 Å². The first-order valence-corrected chi connectivity index (χ1v) is 11.0. The van der Waals surface area contributed by atoms with Crippen molar-refractivity contribution in [2.45, 2.75) is 97.6 Å². The van der Waals surface area contributed by atoms with Crippen LogP contribution in [0.15, 0.2) is 0 Å². The van der Waals surface area contributed by atoms with E-state index >= 15 is 0 Å². The van der Waals surface area contributed by atoms with Gasteiger partial charge in [-0.05, 0) is 44.9 Å². The molecule has 1 aliphatic carbocycles. The average Bonchev–Trinajstić information content (AvgIpc) is 2.64. The number of hydrogen-bond donors (Lipinski definition) is 3. The van der Waals surface area contributed by atoms with Crippen molar-refractivity contribution in [2.24, 2.45) is 11.3 Å². The first-order chi connectivity index (χ1) is 13.5. The van der Waals surface area contributed by atoms with Crippen molar-refractivity contribution in [1.29, 1.82) is 0 Å². The topological polar surface area (TPSA) is 96.5 Å². The van der Waals surface area contributed by atoms with E-state index in [0.717, 1.165) is 32.1 Å². The van der Waals surface area contributed by atoms with Crippen LogP contribution in [0.3, 0.4) is 0 Å². The summed E-state index contributed by atoms with van der Waals surface area (Å²) in [5.74, 6) is 0.0567. The molecule has 2 atom stereocenters. The third-order valence-electron chi connectivity index (χ3n) is 5.83. The van der Waals surface area contributed by atoms with Crippen LogP contribution in [0.1, 0.15) is 86.0 Å². The van der Waals surface area contributed by atoms with E-state index in [2.05, 4.69) is 16.0 Å². The molecule has 0 aromatic carbocycles. The van der Waals surface area contributed by atoms with E-state index in [0.29, 0.717) is 13.0 Å². The van der Waals surface area contributed by atoms with Crippen molar-refractivity contribution in [3.05, 3.63) is 0 Å². The molecule has 1 fully saturated rings. The zero-order chi connectivity index (χ0) is 22.1. The molecular weight excluding hydrogens is 370 g/mol. The Kier molecular flexibility index (Phi) is 9.93. The number of carbonyl (C=O) groups is 3. The monoisotopic (exact) mass is 411 g/mol. The second-order valence-corrected chi connectivity index (χ2v) is 9.53. The quantitative estimate of drug-likeness (QED) is 0.541. The fraction of sp³-hybridized carbons (Fsp3) is 0.864. The highest BCUT2D eigenvalue weighted by molar-refractivity contribution is 5.78. The van der Waals surface area contributed by atoms with Gasteiger partial charge in [0.1, 0.15) is 5.60 Å². The number of amides is 3. The van der Waals surface area contributed by atoms with E-state index in [1.54, 1.807) is 7.05 Å². The summed E-state index contributed by atoms with van der Waals surface area (Å²) in [6.45, 7) is 9.99. The highest BCUT2D eigenvalue weighted by Crippen LogP contribution is 2.38. The van der Waals surface area contributed by atoms with Gasteiger partial charge in [-0.1, -0.05) is 39.5 Å². The third-order valence-corrected chi connectivity index (χ3v) is 5.83. The Bertz CT molecular complexity index is 551. The number of hydrogen-bond acceptors (Lipinski definition) is 4. The first-order valence-electron chi connectivity index (χ1n) is 11.0. The summed E-state index contributed by atoms with van der Waals surface area (Å²) >= 11 is 0. The first kappa shape index (κ1) is 25.2. The largest absolute Gasteiger partial charge is 0.444 e. The van der Waals surface area contributed by atoms with Gasteiger partial charge in [-0.25, -0.2) is 4.79 Å². The lowest BCUT2D eigenvalue weighted by atomic mass is 9.71. The lowest BCUT2D eigenvalue weighted by Gasteiger charge is -2.37. The van der Waals surface area contributed by atoms with Gasteiger partial charge in [0.05, 0.1) is 0 Å². The summed E-state index contributed by atoms with van der Waals surface area (Å²) in [6.07, 6.45) is 6.23. The minimum Gasteiger partial charge on any atom is -0.444 e. The molecule has 0 aromatic rings. The maximum atomic E-state index is 12.7. The predicted octanol–water partition coefficient (Wildman–Crippen LogP) is 3.52. The Labute approximate surface area is 176 Å². The maximum absolute atomic E-state index is 12.7. The van der Waals surface area contributed by atoms with E-state index in [-0.39, 0.29) is 35.6 Å². The molecule has 1 aliphatic rings. The Morgan fingerprint density at radius 1 is 1.07 bits per heavy atom. The molecule has 29 heavy (non-hydrogen) atoms. The van der Waals surface area contributed by atoms with Crippen molar-refractivity contribution in [1.82, 2.24) is 16.0 Å². The molecule has 7 heteroatoms. The van der Waals surface area contributed by atoms with Crippen molar-refractivity contribution in [2.75, 3.05) is 13.6 Å². The molecule has 0 aliphatic heterocycles. The van der Waals surface area contributed by atoms with E-state index in [4.69, 9.17) is 4.74 Å². The van der Waals surface area contributed by atoms with Crippen LogP contribution >= 0.6 is 0 Å². The summed E-state index contributed by atoms with van der Waals surface area (Å²) in [7, 11) is 1.65. The smallest absolute Gasteiger partial charge is 0.407 e. The van der Waals surface area contributed by atoms with Gasteiger partial charge in [0.2, 0.25) is 11.8 Å². The van der Waals surface area contributed by atoms with Gasteiger partial charge in [0.25, 0.3) is 0 Å². The van der Waals surface area contributed by atoms with E-state index < -0.39 is 11.7 Å². The molecule has 1 saturated carbocycles. The molecule has 0 unspecified atom stereocenters. The SMILES string of the molecule is CC[C@H](C)[C@@H](CC(=O)NCC1(CC(=O)NC)CCCCC1)NC(=O)OC(C)(C)C. The van der Waals surface area contributed by atoms with Crippen LogP contribution in [0.25, 0.3) is 0 Å². The van der Waals surface area contributed by atoms with Crippen molar-refractivity contribution < 1.29 is 19.1 Å². The molecule has 0 aromatic heterocycles. The summed E-state index contributed by atoms with van der Waals surface area (Å²) in [5.41, 5.74) is -0.752. The molecule has 0 radical (unpaired) electrons. The molecule has 0 heterocycles. The van der Waals surface area contributed by atoms with E-state index in [1.165, 1.54) is 6.42 Å². The average molecular weight is 412 g/mol. The molecular formula is C22H41N3O4. The van der Waals surface area contributed by atoms with Crippen LogP contribution in [-0.4, -0.2) is 43.1 Å². The molecule has 0 saturated heterocycles. The second kappa shape index (κ2) is 11.4. The number of nitrogens with one attached hydrogen (secondary N) is 3. The normalized spacial score (nSPS) is 18.3. The molecule has 1 rings (SSSR count). The van der Waals surface area contributed by atoms with Crippen LogP contribution in [-0.2, 0) is 14.3 Å². The molecule has 0 spiro atoms. The second-order valence-electron chi connectivity index (χ2n) is 9.53. The van der Waals surface area contributed by atoms with Gasteiger partial charge < -0.3 is 20.7 Å². The van der Waals surface area contributed by atoms with Crippen LogP contribution < -0.4 is 16.0 Å². The van der Waals surface area contributed by atoms with Gasteiger partial charge in [0, 0.05) is 32.5 Å². The molecule has 7 nitrogen and oxygen atoms in total. The Morgan fingerprint density at radius 2 is 1.69 bits per heavy atom. The number of carbonyl (C=O) groups excluding carboxylic acids is 3. The van der Waals surface area contributed by atoms with Gasteiger partial charge in [-0.3, -0.25) is 9.59 Å². The fourth-order valence-electron chi connectivity index (χ4n) is 3.84. The van der Waals surface area contributed by atoms with Crippen molar-refractivity contribution in [3.8, 4) is 0 Å². The highest BCUT2D eigenvalue weighted by atomic mass is 16.6. The highest BCUT2D eigenvalue weighted by Gasteiger charge is 2.35. The van der Waals surface area contributed by atoms with Gasteiger partial charge in [-0.15, -0.1) is 0 Å². The van der Waals surface area contributed by atoms with Crippen LogP contribution in [0.4, 0.5) is 4.79 Å². The minimum atomic E-state index is -0.584. The van der Waals surface area contributed by atoms with Gasteiger partial charge in [0.15, 0.2) is 0 Å². The standard InChI is InChI=1S/C22H41N3O4/c1-7-16(2)17(25-20(28)29-21(3,4)5)13-18(26)24-15-22(14-19(27)23-6)11-9-8-10-12-22/h16-17H,7-15H2,1-6H3,(H,23,27)(H,24,26)(H,25,28)/t16-,17+/m0/s1. The molecule has 0 bridgehead atoms. The molecule has 3 N–H and O–H groups in total. The van der Waals surface area contributed by atoms with Crippen LogP contribution in [0, 0.1) is 11.3 Å². The third kappa shape index (κ3) is 9.50. The summed E-state index contributed by atoms with van der Waals surface area (Å²) in [5, 5.41) is 8.61. The van der Waals surface area contributed by atoms with E-state index in [1.807, 2.05) is 34.6 Å². The van der Waals surface area contributed by atoms with Gasteiger partial charge in [-0.2, -0.15) is 0 Å². The van der Waals surface area contributed by atoms with Gasteiger partial charge >= 0.3 is 6.09 Å². The van der Waals surface area contributed by atoms with Crippen LogP contribution in [0.5, 0.6) is 0 Å².